The number of nitrogen functional groups attached to an aromatic ring is 1. The van der Waals surface area contributed by atoms with Crippen LogP contribution in [0, 0.1) is 0 Å². The molecule has 2 rings (SSSR count). The lowest BCUT2D eigenvalue weighted by Crippen LogP contribution is -2.18. The molecule has 0 saturated carbocycles. The van der Waals surface area contributed by atoms with Crippen molar-refractivity contribution in [2.75, 3.05) is 12.8 Å². The Hall–Kier alpha value is -1.29. The summed E-state index contributed by atoms with van der Waals surface area (Å²) in [5.74, 6) is 0.477. The third-order valence-corrected chi connectivity index (χ3v) is 3.47. The van der Waals surface area contributed by atoms with Gasteiger partial charge in [-0.25, -0.2) is 4.98 Å². The van der Waals surface area contributed by atoms with Crippen molar-refractivity contribution in [1.82, 2.24) is 9.88 Å². The average molecular weight is 296 g/mol. The number of aromatic nitrogens is 1. The summed E-state index contributed by atoms with van der Waals surface area (Å²) in [6.45, 7) is 1.35. The zero-order valence-corrected chi connectivity index (χ0v) is 12.1. The molecule has 0 unspecified atom stereocenters. The standard InChI is InChI=1S/C14H15Cl2N3/c1-19(8-10-4-2-3-5-11(10)15)9-13-12(16)6-7-14(17)18-13/h2-7H,8-9H2,1H3,(H2,17,18). The van der Waals surface area contributed by atoms with E-state index in [9.17, 15) is 0 Å². The van der Waals surface area contributed by atoms with Crippen LogP contribution in [0.5, 0.6) is 0 Å². The number of rotatable bonds is 4. The van der Waals surface area contributed by atoms with E-state index in [1.54, 1.807) is 12.1 Å². The van der Waals surface area contributed by atoms with Crippen LogP contribution in [-0.4, -0.2) is 16.9 Å². The lowest BCUT2D eigenvalue weighted by Gasteiger charge is -2.17. The largest absolute Gasteiger partial charge is 0.384 e. The van der Waals surface area contributed by atoms with Crippen LogP contribution in [0.4, 0.5) is 5.82 Å². The summed E-state index contributed by atoms with van der Waals surface area (Å²) in [6.07, 6.45) is 0. The fraction of sp³-hybridized carbons (Fsp3) is 0.214. The maximum absolute atomic E-state index is 6.14. The van der Waals surface area contributed by atoms with Gasteiger partial charge < -0.3 is 5.73 Å². The fourth-order valence-electron chi connectivity index (χ4n) is 1.84. The van der Waals surface area contributed by atoms with Gasteiger partial charge in [-0.2, -0.15) is 0 Å². The Kier molecular flexibility index (Phi) is 4.64. The van der Waals surface area contributed by atoms with Crippen LogP contribution in [0.25, 0.3) is 0 Å². The number of hydrogen-bond acceptors (Lipinski definition) is 3. The molecule has 3 nitrogen and oxygen atoms in total. The molecule has 1 aromatic heterocycles. The van der Waals surface area contributed by atoms with E-state index in [0.717, 1.165) is 22.8 Å². The molecule has 0 amide bonds. The number of benzene rings is 1. The van der Waals surface area contributed by atoms with Crippen LogP contribution in [0.1, 0.15) is 11.3 Å². The van der Waals surface area contributed by atoms with Gasteiger partial charge in [0, 0.05) is 18.1 Å². The topological polar surface area (TPSA) is 42.2 Å². The summed E-state index contributed by atoms with van der Waals surface area (Å²) in [4.78, 5) is 6.34. The third-order valence-electron chi connectivity index (χ3n) is 2.76. The first-order valence-corrected chi connectivity index (χ1v) is 6.64. The number of nitrogens with zero attached hydrogens (tertiary/aromatic N) is 2. The summed E-state index contributed by atoms with van der Waals surface area (Å²) >= 11 is 12.2. The SMILES string of the molecule is CN(Cc1ccccc1Cl)Cc1nc(N)ccc1Cl. The molecule has 1 heterocycles. The third kappa shape index (κ3) is 3.83. The van der Waals surface area contributed by atoms with Crippen molar-refractivity contribution in [3.05, 3.63) is 57.7 Å². The maximum Gasteiger partial charge on any atom is 0.123 e. The van der Waals surface area contributed by atoms with Gasteiger partial charge in [0.2, 0.25) is 0 Å². The van der Waals surface area contributed by atoms with Crippen LogP contribution in [0.2, 0.25) is 10.0 Å². The molecular formula is C14H15Cl2N3. The Morgan fingerprint density at radius 3 is 2.53 bits per heavy atom. The van der Waals surface area contributed by atoms with Crippen molar-refractivity contribution in [3.63, 3.8) is 0 Å². The minimum atomic E-state index is 0.477. The van der Waals surface area contributed by atoms with E-state index in [1.165, 1.54) is 0 Å². The van der Waals surface area contributed by atoms with Crippen molar-refractivity contribution in [2.24, 2.45) is 0 Å². The van der Waals surface area contributed by atoms with Gasteiger partial charge in [-0.05, 0) is 30.8 Å². The molecule has 2 N–H and O–H groups in total. The van der Waals surface area contributed by atoms with Gasteiger partial charge in [0.1, 0.15) is 5.82 Å². The first-order valence-electron chi connectivity index (χ1n) is 5.89. The van der Waals surface area contributed by atoms with Gasteiger partial charge in [0.05, 0.1) is 10.7 Å². The smallest absolute Gasteiger partial charge is 0.123 e. The molecule has 0 spiro atoms. The molecule has 5 heteroatoms. The normalized spacial score (nSPS) is 10.9. The monoisotopic (exact) mass is 295 g/mol. The summed E-state index contributed by atoms with van der Waals surface area (Å²) in [6, 6.07) is 11.2. The first-order chi connectivity index (χ1) is 9.06. The van der Waals surface area contributed by atoms with E-state index in [2.05, 4.69) is 9.88 Å². The van der Waals surface area contributed by atoms with Gasteiger partial charge >= 0.3 is 0 Å². The van der Waals surface area contributed by atoms with Crippen LogP contribution in [0.3, 0.4) is 0 Å². The molecule has 0 bridgehead atoms. The molecule has 1 aromatic carbocycles. The Morgan fingerprint density at radius 2 is 1.79 bits per heavy atom. The second kappa shape index (κ2) is 6.24. The highest BCUT2D eigenvalue weighted by atomic mass is 35.5. The molecule has 19 heavy (non-hydrogen) atoms. The van der Waals surface area contributed by atoms with E-state index in [1.807, 2.05) is 31.3 Å². The molecule has 0 aliphatic rings. The van der Waals surface area contributed by atoms with Gasteiger partial charge in [0.15, 0.2) is 0 Å². The van der Waals surface area contributed by atoms with Gasteiger partial charge in [-0.1, -0.05) is 41.4 Å². The zero-order valence-electron chi connectivity index (χ0n) is 10.6. The van der Waals surface area contributed by atoms with E-state index in [-0.39, 0.29) is 0 Å². The van der Waals surface area contributed by atoms with Crippen molar-refractivity contribution >= 4 is 29.0 Å². The lowest BCUT2D eigenvalue weighted by atomic mass is 10.2. The zero-order chi connectivity index (χ0) is 13.8. The van der Waals surface area contributed by atoms with E-state index in [0.29, 0.717) is 17.4 Å². The molecule has 0 fully saturated rings. The molecule has 0 saturated heterocycles. The molecule has 0 aliphatic carbocycles. The van der Waals surface area contributed by atoms with Gasteiger partial charge in [-0.3, -0.25) is 4.90 Å². The predicted molar refractivity (Wildman–Crippen MR) is 80.3 cm³/mol. The second-order valence-electron chi connectivity index (χ2n) is 4.43. The van der Waals surface area contributed by atoms with Crippen LogP contribution in [0.15, 0.2) is 36.4 Å². The highest BCUT2D eigenvalue weighted by Crippen LogP contribution is 2.20. The Morgan fingerprint density at radius 1 is 1.05 bits per heavy atom. The van der Waals surface area contributed by atoms with E-state index < -0.39 is 0 Å². The summed E-state index contributed by atoms with van der Waals surface area (Å²) in [5.41, 5.74) is 7.52. The minimum absolute atomic E-state index is 0.477. The molecule has 100 valence electrons. The first kappa shape index (κ1) is 14.1. The molecule has 0 atom stereocenters. The number of hydrogen-bond donors (Lipinski definition) is 1. The quantitative estimate of drug-likeness (QED) is 0.937. The van der Waals surface area contributed by atoms with Crippen molar-refractivity contribution in [3.8, 4) is 0 Å². The Balaban J connectivity index is 2.07. The molecule has 0 aliphatic heterocycles. The Labute approximate surface area is 123 Å². The minimum Gasteiger partial charge on any atom is -0.384 e. The molecular weight excluding hydrogens is 281 g/mol. The molecule has 0 radical (unpaired) electrons. The van der Waals surface area contributed by atoms with Crippen molar-refractivity contribution in [1.29, 1.82) is 0 Å². The number of halogens is 2. The summed E-state index contributed by atoms with van der Waals surface area (Å²) < 4.78 is 0. The predicted octanol–water partition coefficient (Wildman–Crippen LogP) is 3.60. The van der Waals surface area contributed by atoms with Crippen LogP contribution in [-0.2, 0) is 13.1 Å². The maximum atomic E-state index is 6.14. The van der Waals surface area contributed by atoms with Gasteiger partial charge in [0.25, 0.3) is 0 Å². The van der Waals surface area contributed by atoms with E-state index >= 15 is 0 Å². The summed E-state index contributed by atoms with van der Waals surface area (Å²) in [5, 5.41) is 1.39. The average Bonchev–Trinajstić information content (AvgIpc) is 2.37. The van der Waals surface area contributed by atoms with Crippen LogP contribution < -0.4 is 5.73 Å². The number of pyridine rings is 1. The lowest BCUT2D eigenvalue weighted by molar-refractivity contribution is 0.315. The molecule has 2 aromatic rings. The fourth-order valence-corrected chi connectivity index (χ4v) is 2.20. The van der Waals surface area contributed by atoms with Crippen LogP contribution >= 0.6 is 23.2 Å². The van der Waals surface area contributed by atoms with Gasteiger partial charge in [-0.15, -0.1) is 0 Å². The number of nitrogens with two attached hydrogens (primary N) is 1. The Bertz CT molecular complexity index is 572. The second-order valence-corrected chi connectivity index (χ2v) is 5.24. The highest BCUT2D eigenvalue weighted by molar-refractivity contribution is 6.31. The van der Waals surface area contributed by atoms with Crippen molar-refractivity contribution in [2.45, 2.75) is 13.1 Å². The highest BCUT2D eigenvalue weighted by Gasteiger charge is 2.08. The van der Waals surface area contributed by atoms with Crippen molar-refractivity contribution < 1.29 is 0 Å². The summed E-state index contributed by atoms with van der Waals surface area (Å²) in [7, 11) is 1.99. The van der Waals surface area contributed by atoms with E-state index in [4.69, 9.17) is 28.9 Å². The number of anilines is 1.